The molecule has 1 aromatic carbocycles. The lowest BCUT2D eigenvalue weighted by Crippen LogP contribution is -2.22. The van der Waals surface area contributed by atoms with Gasteiger partial charge in [0.2, 0.25) is 6.23 Å². The van der Waals surface area contributed by atoms with Gasteiger partial charge in [0.15, 0.2) is 11.9 Å². The molecule has 0 bridgehead atoms. The van der Waals surface area contributed by atoms with Crippen LogP contribution in [-0.2, 0) is 4.74 Å². The van der Waals surface area contributed by atoms with Gasteiger partial charge in [-0.2, -0.15) is 0 Å². The summed E-state index contributed by atoms with van der Waals surface area (Å²) in [7, 11) is 1.61. The maximum Gasteiger partial charge on any atom is 0.210 e. The van der Waals surface area contributed by atoms with Crippen LogP contribution >= 0.6 is 0 Å². The van der Waals surface area contributed by atoms with Gasteiger partial charge in [0, 0.05) is 18.2 Å². The summed E-state index contributed by atoms with van der Waals surface area (Å²) in [4.78, 5) is 8.43. The number of hydrogen-bond acceptors (Lipinski definition) is 7. The van der Waals surface area contributed by atoms with Crippen LogP contribution in [0.5, 0.6) is 5.75 Å². The van der Waals surface area contributed by atoms with Gasteiger partial charge in [-0.15, -0.1) is 0 Å². The molecule has 1 aliphatic rings. The van der Waals surface area contributed by atoms with Crippen molar-refractivity contribution in [1.29, 1.82) is 0 Å². The highest BCUT2D eigenvalue weighted by Crippen LogP contribution is 2.39. The van der Waals surface area contributed by atoms with Crippen molar-refractivity contribution in [3.8, 4) is 16.9 Å². The summed E-state index contributed by atoms with van der Waals surface area (Å²) in [5.41, 5.74) is 8.33. The first kappa shape index (κ1) is 17.2. The van der Waals surface area contributed by atoms with Crippen molar-refractivity contribution in [1.82, 2.24) is 14.5 Å². The minimum Gasteiger partial charge on any atom is -0.506 e. The number of methoxy groups -OCH3 is 1. The first-order chi connectivity index (χ1) is 13.0. The van der Waals surface area contributed by atoms with Crippen molar-refractivity contribution in [3.63, 3.8) is 0 Å². The number of nitrogens with zero attached hydrogens (tertiary/aromatic N) is 3. The molecule has 4 N–H and O–H groups in total. The number of anilines is 1. The van der Waals surface area contributed by atoms with E-state index >= 15 is 0 Å². The van der Waals surface area contributed by atoms with E-state index in [1.807, 2.05) is 31.2 Å². The number of nitrogen functional groups attached to an aromatic ring is 1. The highest BCUT2D eigenvalue weighted by atomic mass is 16.5. The van der Waals surface area contributed by atoms with Crippen LogP contribution in [0.2, 0.25) is 0 Å². The Bertz CT molecular complexity index is 1030. The third-order valence-corrected chi connectivity index (χ3v) is 4.73. The molecule has 0 radical (unpaired) electrons. The predicted octanol–water partition coefficient (Wildman–Crippen LogP) is 2.76. The first-order valence-electron chi connectivity index (χ1n) is 8.57. The number of fused-ring (bicyclic) bond motifs is 1. The Balaban J connectivity index is 1.87. The summed E-state index contributed by atoms with van der Waals surface area (Å²) in [5.74, 6) is 1.27. The fourth-order valence-electron chi connectivity index (χ4n) is 3.34. The van der Waals surface area contributed by atoms with Crippen molar-refractivity contribution in [2.24, 2.45) is 0 Å². The summed E-state index contributed by atoms with van der Waals surface area (Å²) < 4.78 is 12.7. The van der Waals surface area contributed by atoms with Crippen LogP contribution < -0.4 is 10.5 Å². The van der Waals surface area contributed by atoms with Crippen LogP contribution in [0.1, 0.15) is 19.6 Å². The number of benzene rings is 1. The van der Waals surface area contributed by atoms with Crippen molar-refractivity contribution < 1.29 is 19.7 Å². The van der Waals surface area contributed by atoms with Crippen LogP contribution in [0, 0.1) is 0 Å². The van der Waals surface area contributed by atoms with E-state index in [0.717, 1.165) is 16.9 Å². The third kappa shape index (κ3) is 2.65. The van der Waals surface area contributed by atoms with Gasteiger partial charge in [0.05, 0.1) is 12.5 Å². The second kappa shape index (κ2) is 6.48. The van der Waals surface area contributed by atoms with E-state index in [1.165, 1.54) is 6.33 Å². The van der Waals surface area contributed by atoms with Gasteiger partial charge >= 0.3 is 0 Å². The fourth-order valence-corrected chi connectivity index (χ4v) is 3.34. The quantitative estimate of drug-likeness (QED) is 0.648. The van der Waals surface area contributed by atoms with Gasteiger partial charge in [-0.1, -0.05) is 19.1 Å². The molecule has 0 aliphatic carbocycles. The standard InChI is InChI=1S/C19H20N4O4/c1-3-13-15(24)16(25)19(27-13)23-8-12(10-4-6-11(26-2)7-5-10)14-17(20)21-9-22-18(14)23/h4-9,16,19,24-25H,3H2,1-2H3,(H2,20,21,22)/t16?,19-/m1/s1. The molecule has 140 valence electrons. The summed E-state index contributed by atoms with van der Waals surface area (Å²) in [6.45, 7) is 1.84. The van der Waals surface area contributed by atoms with Gasteiger partial charge in [0.25, 0.3) is 0 Å². The molecule has 0 fully saturated rings. The zero-order chi connectivity index (χ0) is 19.1. The van der Waals surface area contributed by atoms with Crippen LogP contribution in [0.25, 0.3) is 22.2 Å². The number of hydrogen-bond donors (Lipinski definition) is 3. The Kier molecular flexibility index (Phi) is 4.12. The molecule has 1 aliphatic heterocycles. The average Bonchev–Trinajstić information content (AvgIpc) is 3.21. The monoisotopic (exact) mass is 368 g/mol. The number of aromatic nitrogens is 3. The Labute approximate surface area is 155 Å². The minimum absolute atomic E-state index is 0.155. The molecule has 4 rings (SSSR count). The number of aliphatic hydroxyl groups excluding tert-OH is 2. The van der Waals surface area contributed by atoms with Crippen molar-refractivity contribution in [3.05, 3.63) is 48.3 Å². The summed E-state index contributed by atoms with van der Waals surface area (Å²) in [6, 6.07) is 7.51. The lowest BCUT2D eigenvalue weighted by molar-refractivity contribution is -0.00693. The van der Waals surface area contributed by atoms with E-state index in [0.29, 0.717) is 29.0 Å². The predicted molar refractivity (Wildman–Crippen MR) is 100 cm³/mol. The number of aliphatic hydroxyl groups is 2. The van der Waals surface area contributed by atoms with E-state index in [4.69, 9.17) is 15.2 Å². The molecule has 3 heterocycles. The average molecular weight is 368 g/mol. The maximum absolute atomic E-state index is 10.4. The molecule has 0 spiro atoms. The summed E-state index contributed by atoms with van der Waals surface area (Å²) >= 11 is 0. The molecular weight excluding hydrogens is 348 g/mol. The van der Waals surface area contributed by atoms with Gasteiger partial charge in [-0.05, 0) is 17.7 Å². The molecule has 1 unspecified atom stereocenters. The van der Waals surface area contributed by atoms with Gasteiger partial charge in [-0.25, -0.2) is 9.97 Å². The molecule has 27 heavy (non-hydrogen) atoms. The Morgan fingerprint density at radius 2 is 2.00 bits per heavy atom. The second-order valence-corrected chi connectivity index (χ2v) is 6.25. The summed E-state index contributed by atoms with van der Waals surface area (Å²) in [5, 5.41) is 21.2. The lowest BCUT2D eigenvalue weighted by atomic mass is 10.1. The van der Waals surface area contributed by atoms with E-state index in [-0.39, 0.29) is 5.76 Å². The van der Waals surface area contributed by atoms with Gasteiger partial charge in [-0.3, -0.25) is 4.57 Å². The number of rotatable bonds is 4. The molecule has 0 amide bonds. The lowest BCUT2D eigenvalue weighted by Gasteiger charge is -2.18. The smallest absolute Gasteiger partial charge is 0.210 e. The van der Waals surface area contributed by atoms with Gasteiger partial charge < -0.3 is 25.4 Å². The minimum atomic E-state index is -1.18. The molecule has 8 heteroatoms. The highest BCUT2D eigenvalue weighted by Gasteiger charge is 2.37. The number of ether oxygens (including phenoxy) is 2. The molecule has 3 aromatic rings. The molecule has 2 aromatic heterocycles. The Hall–Kier alpha value is -3.26. The van der Waals surface area contributed by atoms with E-state index in [9.17, 15) is 10.2 Å². The van der Waals surface area contributed by atoms with Crippen LogP contribution in [0.15, 0.2) is 48.3 Å². The maximum atomic E-state index is 10.4. The molecule has 8 nitrogen and oxygen atoms in total. The SMILES string of the molecule is CCC1=C(O)C(O)[C@H](n2cc(-c3ccc(OC)cc3)c3c(N)ncnc32)O1. The van der Waals surface area contributed by atoms with Crippen molar-refractivity contribution >= 4 is 16.9 Å². The molecular formula is C19H20N4O4. The second-order valence-electron chi connectivity index (χ2n) is 6.25. The topological polar surface area (TPSA) is 116 Å². The molecule has 0 saturated heterocycles. The van der Waals surface area contributed by atoms with E-state index < -0.39 is 12.3 Å². The zero-order valence-corrected chi connectivity index (χ0v) is 15.0. The van der Waals surface area contributed by atoms with Crippen LogP contribution in [0.4, 0.5) is 5.82 Å². The fraction of sp³-hybridized carbons (Fsp3) is 0.263. The number of allylic oxidation sites excluding steroid dienone is 1. The highest BCUT2D eigenvalue weighted by molar-refractivity contribution is 6.00. The Morgan fingerprint density at radius 1 is 1.26 bits per heavy atom. The first-order valence-corrected chi connectivity index (χ1v) is 8.57. The normalized spacial score (nSPS) is 19.5. The Morgan fingerprint density at radius 3 is 2.63 bits per heavy atom. The van der Waals surface area contributed by atoms with Crippen molar-refractivity contribution in [2.45, 2.75) is 25.7 Å². The largest absolute Gasteiger partial charge is 0.506 e. The van der Waals surface area contributed by atoms with Crippen molar-refractivity contribution in [2.75, 3.05) is 12.8 Å². The number of nitrogens with two attached hydrogens (primary N) is 1. The third-order valence-electron chi connectivity index (χ3n) is 4.73. The van der Waals surface area contributed by atoms with Gasteiger partial charge in [0.1, 0.15) is 29.3 Å². The molecule has 2 atom stereocenters. The van der Waals surface area contributed by atoms with Crippen LogP contribution in [0.3, 0.4) is 0 Å². The van der Waals surface area contributed by atoms with E-state index in [2.05, 4.69) is 9.97 Å². The molecule has 0 saturated carbocycles. The zero-order valence-electron chi connectivity index (χ0n) is 15.0. The van der Waals surface area contributed by atoms with E-state index in [1.54, 1.807) is 17.9 Å². The van der Waals surface area contributed by atoms with Crippen LogP contribution in [-0.4, -0.2) is 38.0 Å². The summed E-state index contributed by atoms with van der Waals surface area (Å²) in [6.07, 6.45) is 1.62.